The predicted octanol–water partition coefficient (Wildman–Crippen LogP) is 3.70. The summed E-state index contributed by atoms with van der Waals surface area (Å²) in [5, 5.41) is 2.84. The molecule has 0 unspecified atom stereocenters. The number of nitrogens with zero attached hydrogens (tertiary/aromatic N) is 3. The van der Waals surface area contributed by atoms with Crippen molar-refractivity contribution in [1.82, 2.24) is 13.7 Å². The van der Waals surface area contributed by atoms with E-state index in [1.807, 2.05) is 25.1 Å². The van der Waals surface area contributed by atoms with Crippen LogP contribution < -0.4 is 16.6 Å². The molecule has 0 saturated carbocycles. The topological polar surface area (TPSA) is 78.0 Å². The van der Waals surface area contributed by atoms with Gasteiger partial charge in [-0.2, -0.15) is 0 Å². The number of anilines is 1. The maximum Gasteiger partial charge on any atom is 0.336 e. The second kappa shape index (κ2) is 8.54. The average molecular weight is 448 g/mol. The smallest absolute Gasteiger partial charge is 0.336 e. The number of rotatable bonds is 5. The summed E-state index contributed by atoms with van der Waals surface area (Å²) in [7, 11) is 1.72. The van der Waals surface area contributed by atoms with Crippen molar-refractivity contribution in [2.75, 3.05) is 5.32 Å². The number of carbonyl (C=O) groups excluding carboxylic acids is 1. The van der Waals surface area contributed by atoms with Crippen LogP contribution in [0.4, 0.5) is 10.1 Å². The zero-order valence-corrected chi connectivity index (χ0v) is 18.9. The fraction of sp³-hybridized carbons (Fsp3) is 0.240. The van der Waals surface area contributed by atoms with E-state index < -0.39 is 23.0 Å². The zero-order valence-electron chi connectivity index (χ0n) is 18.9. The Morgan fingerprint density at radius 2 is 1.76 bits per heavy atom. The van der Waals surface area contributed by atoms with Gasteiger partial charge in [-0.15, -0.1) is 0 Å². The molecule has 0 saturated heterocycles. The summed E-state index contributed by atoms with van der Waals surface area (Å²) < 4.78 is 17.3. The number of carbonyl (C=O) groups is 1. The summed E-state index contributed by atoms with van der Waals surface area (Å²) >= 11 is 0. The van der Waals surface area contributed by atoms with Crippen LogP contribution in [-0.2, 0) is 18.4 Å². The van der Waals surface area contributed by atoms with Gasteiger partial charge < -0.3 is 9.88 Å². The van der Waals surface area contributed by atoms with Crippen LogP contribution >= 0.6 is 0 Å². The molecule has 8 heteroatoms. The van der Waals surface area contributed by atoms with E-state index in [0.29, 0.717) is 17.1 Å². The standard InChI is InChI=1S/C25H25FN4O3/c1-15(2)17-6-5-7-19(13-17)27-22(31)14-29-21-12-16(3)28(4)23(21)24(32)30(25(29)33)20-10-8-18(26)9-11-20/h5-13,15H,14H2,1-4H3,(H,27,31). The zero-order chi connectivity index (χ0) is 23.9. The molecule has 2 heterocycles. The minimum atomic E-state index is -0.671. The highest BCUT2D eigenvalue weighted by Crippen LogP contribution is 2.19. The minimum absolute atomic E-state index is 0.228. The van der Waals surface area contributed by atoms with Crippen LogP contribution in [-0.4, -0.2) is 19.6 Å². The molecule has 0 aliphatic carbocycles. The maximum absolute atomic E-state index is 13.4. The van der Waals surface area contributed by atoms with Crippen LogP contribution in [0.1, 0.15) is 31.0 Å². The first kappa shape index (κ1) is 22.3. The monoisotopic (exact) mass is 448 g/mol. The van der Waals surface area contributed by atoms with Gasteiger partial charge in [0.25, 0.3) is 5.56 Å². The summed E-state index contributed by atoms with van der Waals surface area (Å²) in [6.45, 7) is 5.65. The number of aromatic nitrogens is 3. The molecule has 7 nitrogen and oxygen atoms in total. The number of fused-ring (bicyclic) bond motifs is 1. The Morgan fingerprint density at radius 3 is 2.42 bits per heavy atom. The SMILES string of the molecule is Cc1cc2c(c(=O)n(-c3ccc(F)cc3)c(=O)n2CC(=O)Nc2cccc(C(C)C)c2)n1C. The van der Waals surface area contributed by atoms with Crippen molar-refractivity contribution in [1.29, 1.82) is 0 Å². The highest BCUT2D eigenvalue weighted by Gasteiger charge is 2.20. The van der Waals surface area contributed by atoms with Crippen molar-refractivity contribution in [2.24, 2.45) is 7.05 Å². The lowest BCUT2D eigenvalue weighted by Crippen LogP contribution is -2.41. The first-order valence-corrected chi connectivity index (χ1v) is 10.6. The van der Waals surface area contributed by atoms with Crippen molar-refractivity contribution in [3.8, 4) is 5.69 Å². The third-order valence-electron chi connectivity index (χ3n) is 5.79. The largest absolute Gasteiger partial charge is 0.342 e. The molecular weight excluding hydrogens is 423 g/mol. The van der Waals surface area contributed by atoms with Crippen LogP contribution in [0.2, 0.25) is 0 Å². The van der Waals surface area contributed by atoms with Crippen molar-refractivity contribution < 1.29 is 9.18 Å². The second-order valence-electron chi connectivity index (χ2n) is 8.39. The van der Waals surface area contributed by atoms with E-state index in [2.05, 4.69) is 19.2 Å². The number of nitrogens with one attached hydrogen (secondary N) is 1. The molecule has 33 heavy (non-hydrogen) atoms. The van der Waals surface area contributed by atoms with Crippen molar-refractivity contribution in [3.05, 3.63) is 92.5 Å². The molecule has 4 rings (SSSR count). The van der Waals surface area contributed by atoms with Crippen LogP contribution in [0, 0.1) is 12.7 Å². The number of amides is 1. The molecule has 1 amide bonds. The second-order valence-corrected chi connectivity index (χ2v) is 8.39. The Morgan fingerprint density at radius 1 is 1.06 bits per heavy atom. The molecule has 0 fully saturated rings. The molecule has 4 aromatic rings. The van der Waals surface area contributed by atoms with E-state index in [1.54, 1.807) is 23.7 Å². The van der Waals surface area contributed by atoms with Gasteiger partial charge >= 0.3 is 5.69 Å². The van der Waals surface area contributed by atoms with E-state index in [9.17, 15) is 18.8 Å². The molecule has 2 aromatic heterocycles. The number of hydrogen-bond donors (Lipinski definition) is 1. The molecule has 1 N–H and O–H groups in total. The average Bonchev–Trinajstić information content (AvgIpc) is 3.07. The molecular formula is C25H25FN4O3. The summed E-state index contributed by atoms with van der Waals surface area (Å²) in [5.74, 6) is -0.577. The Balaban J connectivity index is 1.82. The van der Waals surface area contributed by atoms with E-state index in [4.69, 9.17) is 0 Å². The van der Waals surface area contributed by atoms with Crippen molar-refractivity contribution >= 4 is 22.6 Å². The highest BCUT2D eigenvalue weighted by atomic mass is 19.1. The van der Waals surface area contributed by atoms with Gasteiger partial charge in [0.1, 0.15) is 17.9 Å². The Kier molecular flexibility index (Phi) is 5.76. The van der Waals surface area contributed by atoms with Gasteiger partial charge in [-0.25, -0.2) is 13.8 Å². The van der Waals surface area contributed by atoms with Gasteiger partial charge in [0.2, 0.25) is 5.91 Å². The number of hydrogen-bond acceptors (Lipinski definition) is 3. The summed E-state index contributed by atoms with van der Waals surface area (Å²) in [4.78, 5) is 39.5. The van der Waals surface area contributed by atoms with Gasteiger partial charge in [-0.05, 0) is 60.9 Å². The van der Waals surface area contributed by atoms with Crippen LogP contribution in [0.3, 0.4) is 0 Å². The third kappa shape index (κ3) is 4.11. The minimum Gasteiger partial charge on any atom is -0.342 e. The molecule has 0 aliphatic rings. The molecule has 0 atom stereocenters. The quantitative estimate of drug-likeness (QED) is 0.506. The fourth-order valence-corrected chi connectivity index (χ4v) is 3.88. The Hall–Kier alpha value is -3.94. The highest BCUT2D eigenvalue weighted by molar-refractivity contribution is 5.91. The fourth-order valence-electron chi connectivity index (χ4n) is 3.88. The van der Waals surface area contributed by atoms with E-state index in [0.717, 1.165) is 15.8 Å². The molecule has 0 radical (unpaired) electrons. The maximum atomic E-state index is 13.4. The molecule has 0 spiro atoms. The Bertz CT molecular complexity index is 1480. The summed E-state index contributed by atoms with van der Waals surface area (Å²) in [6.07, 6.45) is 0. The van der Waals surface area contributed by atoms with Crippen LogP contribution in [0.25, 0.3) is 16.7 Å². The van der Waals surface area contributed by atoms with E-state index in [1.165, 1.54) is 28.8 Å². The molecule has 2 aromatic carbocycles. The number of halogens is 1. The number of aryl methyl sites for hydroxylation is 2. The van der Waals surface area contributed by atoms with Gasteiger partial charge in [-0.1, -0.05) is 26.0 Å². The lowest BCUT2D eigenvalue weighted by molar-refractivity contribution is -0.116. The van der Waals surface area contributed by atoms with Crippen LogP contribution in [0.15, 0.2) is 64.2 Å². The van der Waals surface area contributed by atoms with E-state index >= 15 is 0 Å². The van der Waals surface area contributed by atoms with Crippen LogP contribution in [0.5, 0.6) is 0 Å². The summed E-state index contributed by atoms with van der Waals surface area (Å²) in [6, 6.07) is 14.3. The van der Waals surface area contributed by atoms with E-state index in [-0.39, 0.29) is 17.7 Å². The first-order valence-electron chi connectivity index (χ1n) is 10.6. The number of benzene rings is 2. The third-order valence-corrected chi connectivity index (χ3v) is 5.79. The van der Waals surface area contributed by atoms with Gasteiger partial charge in [0.15, 0.2) is 0 Å². The van der Waals surface area contributed by atoms with Crippen molar-refractivity contribution in [3.63, 3.8) is 0 Å². The molecule has 0 bridgehead atoms. The van der Waals surface area contributed by atoms with Crippen molar-refractivity contribution in [2.45, 2.75) is 33.2 Å². The van der Waals surface area contributed by atoms with Gasteiger partial charge in [-0.3, -0.25) is 14.2 Å². The van der Waals surface area contributed by atoms with Gasteiger partial charge in [0.05, 0.1) is 11.2 Å². The lowest BCUT2D eigenvalue weighted by atomic mass is 10.0. The predicted molar refractivity (Wildman–Crippen MR) is 127 cm³/mol. The lowest BCUT2D eigenvalue weighted by Gasteiger charge is -2.14. The molecule has 0 aliphatic heterocycles. The van der Waals surface area contributed by atoms with Gasteiger partial charge in [0, 0.05) is 18.4 Å². The Labute approximate surface area is 189 Å². The first-order chi connectivity index (χ1) is 15.7. The molecule has 170 valence electrons. The summed E-state index contributed by atoms with van der Waals surface area (Å²) in [5.41, 5.74) is 2.15. The normalized spacial score (nSPS) is 11.3.